The molecule has 0 bridgehead atoms. The van der Waals surface area contributed by atoms with E-state index >= 15 is 0 Å². The fourth-order valence-corrected chi connectivity index (χ4v) is 0.664. The number of allylic oxidation sites excluding steroid dienone is 2. The Morgan fingerprint density at radius 3 is 3.33 bits per heavy atom. The molecule has 4 nitrogen and oxygen atoms in total. The molecule has 2 rings (SSSR count). The zero-order chi connectivity index (χ0) is 6.10. The van der Waals surface area contributed by atoms with E-state index in [4.69, 9.17) is 4.84 Å². The molecule has 1 radical (unpaired) electrons. The van der Waals surface area contributed by atoms with E-state index < -0.39 is 0 Å². The molecule has 0 aromatic carbocycles. The summed E-state index contributed by atoms with van der Waals surface area (Å²) in [5, 5.41) is 8.51. The smallest absolute Gasteiger partial charge is 0.249 e. The standard InChI is InChI=1S/C5H4N3O/c1-2-4-8-5(3-1)9-7-6-8/h1-4H. The third-order valence-electron chi connectivity index (χ3n) is 1.07. The highest BCUT2D eigenvalue weighted by molar-refractivity contribution is 5.17. The van der Waals surface area contributed by atoms with Gasteiger partial charge in [0.05, 0.1) is 5.28 Å². The van der Waals surface area contributed by atoms with Gasteiger partial charge >= 0.3 is 0 Å². The average Bonchev–Trinajstić information content (AvgIpc) is 2.33. The van der Waals surface area contributed by atoms with E-state index in [1.165, 1.54) is 0 Å². The van der Waals surface area contributed by atoms with E-state index in [9.17, 15) is 0 Å². The minimum atomic E-state index is 0.650. The summed E-state index contributed by atoms with van der Waals surface area (Å²) in [6.45, 7) is 1.77. The Labute approximate surface area is 52.1 Å². The predicted octanol–water partition coefficient (Wildman–Crippen LogP) is 1.17. The molecule has 0 N–H and O–H groups in total. The quantitative estimate of drug-likeness (QED) is 0.483. The van der Waals surface area contributed by atoms with Crippen molar-refractivity contribution in [3.63, 3.8) is 0 Å². The lowest BCUT2D eigenvalue weighted by atomic mass is 10.4. The second kappa shape index (κ2) is 1.58. The Balaban J connectivity index is 2.29. The molecule has 2 aliphatic rings. The van der Waals surface area contributed by atoms with Crippen LogP contribution in [0, 0.1) is 6.54 Å². The molecular weight excluding hydrogens is 118 g/mol. The molecule has 0 aromatic rings. The van der Waals surface area contributed by atoms with Crippen LogP contribution in [0.3, 0.4) is 0 Å². The van der Waals surface area contributed by atoms with E-state index in [0.29, 0.717) is 5.88 Å². The third-order valence-corrected chi connectivity index (χ3v) is 1.07. The summed E-state index contributed by atoms with van der Waals surface area (Å²) in [4.78, 5) is 4.72. The Bertz CT molecular complexity index is 206. The summed E-state index contributed by atoms with van der Waals surface area (Å²) < 4.78 is 0. The van der Waals surface area contributed by atoms with Gasteiger partial charge < -0.3 is 4.84 Å². The van der Waals surface area contributed by atoms with Crippen molar-refractivity contribution in [2.75, 3.05) is 0 Å². The van der Waals surface area contributed by atoms with Crippen LogP contribution >= 0.6 is 0 Å². The first-order valence-electron chi connectivity index (χ1n) is 2.56. The van der Waals surface area contributed by atoms with Gasteiger partial charge in [0.25, 0.3) is 0 Å². The molecule has 2 heterocycles. The Morgan fingerprint density at radius 2 is 2.44 bits per heavy atom. The van der Waals surface area contributed by atoms with Crippen LogP contribution in [-0.2, 0) is 4.84 Å². The van der Waals surface area contributed by atoms with Crippen molar-refractivity contribution in [3.05, 3.63) is 30.7 Å². The molecule has 0 aliphatic carbocycles. The van der Waals surface area contributed by atoms with Crippen molar-refractivity contribution >= 4 is 0 Å². The molecule has 0 spiro atoms. The topological polar surface area (TPSA) is 37.2 Å². The Morgan fingerprint density at radius 1 is 1.44 bits per heavy atom. The van der Waals surface area contributed by atoms with E-state index in [1.807, 2.05) is 12.2 Å². The molecule has 4 heteroatoms. The number of rotatable bonds is 0. The maximum atomic E-state index is 4.72. The Hall–Kier alpha value is -1.32. The number of hydrogen-bond donors (Lipinski definition) is 0. The van der Waals surface area contributed by atoms with Crippen LogP contribution in [0.1, 0.15) is 0 Å². The predicted molar refractivity (Wildman–Crippen MR) is 29.3 cm³/mol. The largest absolute Gasteiger partial charge is 0.318 e. The van der Waals surface area contributed by atoms with Crippen LogP contribution in [-0.4, -0.2) is 5.01 Å². The minimum Gasteiger partial charge on any atom is -0.318 e. The SMILES string of the molecule is [CH]1C=CC=C2ON=NN12. The second-order valence-corrected chi connectivity index (χ2v) is 1.65. The van der Waals surface area contributed by atoms with E-state index in [2.05, 4.69) is 10.5 Å². The fourth-order valence-electron chi connectivity index (χ4n) is 0.664. The summed E-state index contributed by atoms with van der Waals surface area (Å²) in [6, 6.07) is 0. The van der Waals surface area contributed by atoms with Crippen LogP contribution in [0.15, 0.2) is 34.6 Å². The highest BCUT2D eigenvalue weighted by Gasteiger charge is 2.16. The summed E-state index contributed by atoms with van der Waals surface area (Å²) in [5.41, 5.74) is 0. The molecule has 2 aliphatic heterocycles. The first kappa shape index (κ1) is 4.55. The highest BCUT2D eigenvalue weighted by atomic mass is 16.7. The lowest BCUT2D eigenvalue weighted by molar-refractivity contribution is 0.207. The second-order valence-electron chi connectivity index (χ2n) is 1.65. The monoisotopic (exact) mass is 122 g/mol. The number of fused-ring (bicyclic) bond motifs is 1. The van der Waals surface area contributed by atoms with Gasteiger partial charge in [-0.3, -0.25) is 0 Å². The third kappa shape index (κ3) is 0.595. The molecule has 0 unspecified atom stereocenters. The molecule has 0 fully saturated rings. The van der Waals surface area contributed by atoms with Crippen LogP contribution in [0.4, 0.5) is 0 Å². The Kier molecular flexibility index (Phi) is 0.798. The first-order chi connectivity index (χ1) is 4.47. The zero-order valence-electron chi connectivity index (χ0n) is 4.56. The molecule has 0 aromatic heterocycles. The van der Waals surface area contributed by atoms with Crippen molar-refractivity contribution < 1.29 is 4.84 Å². The summed E-state index contributed by atoms with van der Waals surface area (Å²) >= 11 is 0. The molecule has 0 saturated heterocycles. The van der Waals surface area contributed by atoms with Crippen molar-refractivity contribution in [1.29, 1.82) is 0 Å². The zero-order valence-corrected chi connectivity index (χ0v) is 4.56. The van der Waals surface area contributed by atoms with Gasteiger partial charge in [-0.05, 0) is 5.22 Å². The van der Waals surface area contributed by atoms with Crippen LogP contribution in [0.5, 0.6) is 0 Å². The number of hydrogen-bond acceptors (Lipinski definition) is 4. The van der Waals surface area contributed by atoms with Gasteiger partial charge in [-0.1, -0.05) is 12.2 Å². The van der Waals surface area contributed by atoms with Crippen molar-refractivity contribution in [3.8, 4) is 0 Å². The summed E-state index contributed by atoms with van der Waals surface area (Å²) in [5.74, 6) is 0.650. The molecule has 0 saturated carbocycles. The molecule has 45 valence electrons. The van der Waals surface area contributed by atoms with Gasteiger partial charge in [0.1, 0.15) is 6.54 Å². The number of nitrogens with zero attached hydrogens (tertiary/aromatic N) is 3. The molecular formula is C5H4N3O. The molecule has 0 amide bonds. The van der Waals surface area contributed by atoms with Gasteiger partial charge in [0.15, 0.2) is 0 Å². The van der Waals surface area contributed by atoms with Crippen LogP contribution in [0.25, 0.3) is 0 Å². The van der Waals surface area contributed by atoms with Crippen LogP contribution in [0.2, 0.25) is 0 Å². The maximum absolute atomic E-state index is 4.72. The lowest BCUT2D eigenvalue weighted by Gasteiger charge is -2.09. The van der Waals surface area contributed by atoms with Crippen molar-refractivity contribution in [1.82, 2.24) is 5.01 Å². The molecule has 9 heavy (non-hydrogen) atoms. The van der Waals surface area contributed by atoms with Crippen LogP contribution < -0.4 is 0 Å². The van der Waals surface area contributed by atoms with Gasteiger partial charge in [0.2, 0.25) is 5.88 Å². The van der Waals surface area contributed by atoms with E-state index in [0.717, 1.165) is 0 Å². The normalized spacial score (nSPS) is 21.3. The van der Waals surface area contributed by atoms with Gasteiger partial charge in [-0.25, -0.2) is 5.01 Å². The minimum absolute atomic E-state index is 0.650. The highest BCUT2D eigenvalue weighted by Crippen LogP contribution is 2.20. The summed E-state index contributed by atoms with van der Waals surface area (Å²) in [7, 11) is 0. The van der Waals surface area contributed by atoms with E-state index in [-0.39, 0.29) is 0 Å². The fraction of sp³-hybridized carbons (Fsp3) is 0. The van der Waals surface area contributed by atoms with Gasteiger partial charge in [-0.2, -0.15) is 0 Å². The molecule has 0 atom stereocenters. The van der Waals surface area contributed by atoms with Crippen molar-refractivity contribution in [2.24, 2.45) is 10.5 Å². The lowest BCUT2D eigenvalue weighted by Crippen LogP contribution is -2.09. The van der Waals surface area contributed by atoms with Crippen molar-refractivity contribution in [2.45, 2.75) is 0 Å². The van der Waals surface area contributed by atoms with Gasteiger partial charge in [0, 0.05) is 6.08 Å². The van der Waals surface area contributed by atoms with Gasteiger partial charge in [-0.15, -0.1) is 0 Å². The van der Waals surface area contributed by atoms with E-state index in [1.54, 1.807) is 17.6 Å². The first-order valence-corrected chi connectivity index (χ1v) is 2.56. The summed E-state index contributed by atoms with van der Waals surface area (Å²) in [6.07, 6.45) is 5.51. The maximum Gasteiger partial charge on any atom is 0.249 e. The average molecular weight is 122 g/mol.